The molecule has 21 rings (SSSR count). The number of nitrogens with zero attached hydrogens (tertiary/aromatic N) is 5. The van der Waals surface area contributed by atoms with Crippen molar-refractivity contribution < 1.29 is 33.2 Å². The maximum Gasteiger partial charge on any atom is 0.252 e. The first-order chi connectivity index (χ1) is 60.1. The van der Waals surface area contributed by atoms with E-state index in [4.69, 9.17) is 16.8 Å². The van der Waals surface area contributed by atoms with Crippen molar-refractivity contribution in [3.8, 4) is 50.4 Å². The van der Waals surface area contributed by atoms with Gasteiger partial charge in [0.15, 0.2) is 11.2 Å². The molecule has 2 aliphatic heterocycles. The Morgan fingerprint density at radius 2 is 0.733 bits per heavy atom. The van der Waals surface area contributed by atoms with Crippen LogP contribution in [0.3, 0.4) is 0 Å². The zero-order valence-corrected chi connectivity index (χ0v) is 57.8. The van der Waals surface area contributed by atoms with Crippen molar-refractivity contribution in [2.75, 3.05) is 9.80 Å². The van der Waals surface area contributed by atoms with Crippen LogP contribution >= 0.6 is 0 Å². The third-order valence-corrected chi connectivity index (χ3v) is 21.3. The fraction of sp³-hybridized carbons (Fsp3) is 0.0816. The van der Waals surface area contributed by atoms with Crippen molar-refractivity contribution in [2.45, 2.75) is 52.4 Å². The van der Waals surface area contributed by atoms with Crippen LogP contribution in [-0.4, -0.2) is 20.4 Å². The average Bonchev–Trinajstić information content (AvgIpc) is 1.02. The Morgan fingerprint density at radius 1 is 0.276 bits per heavy atom. The van der Waals surface area contributed by atoms with Crippen LogP contribution in [-0.2, 0) is 10.8 Å². The molecule has 6 heterocycles. The van der Waals surface area contributed by atoms with Gasteiger partial charge in [0.25, 0.3) is 6.71 Å². The van der Waals surface area contributed by atoms with Gasteiger partial charge in [-0.3, -0.25) is 0 Å². The van der Waals surface area contributed by atoms with Crippen LogP contribution in [0.4, 0.5) is 34.1 Å². The monoisotopic (exact) mass is 1370 g/mol. The summed E-state index contributed by atoms with van der Waals surface area (Å²) >= 11 is 0. The van der Waals surface area contributed by atoms with E-state index in [1.165, 1.54) is 9.13 Å². The Hall–Kier alpha value is -12.8. The summed E-state index contributed by atoms with van der Waals surface area (Å²) in [6.45, 7) is 12.2. The fourth-order valence-corrected chi connectivity index (χ4v) is 16.4. The summed E-state index contributed by atoms with van der Waals surface area (Å²) in [5.41, 5.74) is 12.9. The number of benzene rings is 15. The lowest BCUT2D eigenvalue weighted by atomic mass is 9.33. The first-order valence-electron chi connectivity index (χ1n) is 45.5. The van der Waals surface area contributed by atoms with E-state index in [-0.39, 0.29) is 82.5 Å². The average molecular weight is 1370 g/mol. The van der Waals surface area contributed by atoms with Gasteiger partial charge >= 0.3 is 0 Å². The molecular formula is C98H72BN5O. The normalized spacial score (nSPS) is 15.8. The van der Waals surface area contributed by atoms with Crippen molar-refractivity contribution in [3.63, 3.8) is 0 Å². The molecule has 4 aromatic heterocycles. The molecular weight excluding hydrogens is 1270 g/mol. The summed E-state index contributed by atoms with van der Waals surface area (Å²) in [5, 5.41) is 2.36. The number of anilines is 6. The van der Waals surface area contributed by atoms with Gasteiger partial charge in [-0.1, -0.05) is 260 Å². The molecule has 0 aliphatic carbocycles. The van der Waals surface area contributed by atoms with Crippen LogP contribution in [0.25, 0.3) is 138 Å². The number of hydrogen-bond acceptors (Lipinski definition) is 3. The molecule has 0 N–H and O–H groups in total. The molecule has 0 atom stereocenters. The number of para-hydroxylation sites is 6. The number of fused-ring (bicyclic) bond motifs is 16. The molecule has 498 valence electrons. The first-order valence-corrected chi connectivity index (χ1v) is 35.0. The van der Waals surface area contributed by atoms with E-state index >= 15 is 0 Å². The Kier molecular flexibility index (Phi) is 9.39. The highest BCUT2D eigenvalue weighted by Crippen LogP contribution is 2.52. The lowest BCUT2D eigenvalue weighted by Gasteiger charge is -2.44. The lowest BCUT2D eigenvalue weighted by Crippen LogP contribution is -2.61. The van der Waals surface area contributed by atoms with Crippen molar-refractivity contribution in [3.05, 3.63) is 338 Å². The molecule has 0 spiro atoms. The quantitative estimate of drug-likeness (QED) is 0.142. The van der Waals surface area contributed by atoms with Crippen molar-refractivity contribution in [2.24, 2.45) is 0 Å². The topological polar surface area (TPSA) is 34.4 Å². The van der Waals surface area contributed by atoms with Gasteiger partial charge in [-0.15, -0.1) is 0 Å². The molecule has 0 saturated heterocycles. The zero-order chi connectivity index (χ0) is 88.4. The maximum atomic E-state index is 9.87. The van der Waals surface area contributed by atoms with E-state index in [1.807, 2.05) is 109 Å². The highest BCUT2D eigenvalue weighted by atomic mass is 16.3. The Balaban J connectivity index is 0.961. The molecule has 0 amide bonds. The van der Waals surface area contributed by atoms with Gasteiger partial charge in [-0.25, -0.2) is 0 Å². The third-order valence-electron chi connectivity index (χ3n) is 21.3. The first kappa shape index (κ1) is 43.2. The molecule has 0 unspecified atom stereocenters. The minimum Gasteiger partial charge on any atom is -0.452 e. The Bertz CT molecular complexity index is 7850. The van der Waals surface area contributed by atoms with Crippen LogP contribution in [0.15, 0.2) is 331 Å². The third kappa shape index (κ3) is 9.30. The molecule has 15 aromatic carbocycles. The second kappa shape index (κ2) is 22.8. The predicted octanol–water partition coefficient (Wildman–Crippen LogP) is 24.6. The van der Waals surface area contributed by atoms with Crippen molar-refractivity contribution in [1.82, 2.24) is 13.7 Å². The molecule has 105 heavy (non-hydrogen) atoms. The van der Waals surface area contributed by atoms with Gasteiger partial charge in [0.2, 0.25) is 0 Å². The van der Waals surface area contributed by atoms with Crippen LogP contribution in [0, 0.1) is 0 Å². The Morgan fingerprint density at radius 3 is 1.28 bits per heavy atom. The molecule has 0 saturated carbocycles. The molecule has 6 nitrogen and oxygen atoms in total. The van der Waals surface area contributed by atoms with Crippen LogP contribution in [0.2, 0.25) is 0 Å². The highest BCUT2D eigenvalue weighted by molar-refractivity contribution is 7.00. The second-order valence-corrected chi connectivity index (χ2v) is 29.3. The van der Waals surface area contributed by atoms with E-state index in [0.29, 0.717) is 72.5 Å². The van der Waals surface area contributed by atoms with Gasteiger partial charge in [-0.2, -0.15) is 0 Å². The summed E-state index contributed by atoms with van der Waals surface area (Å²) in [6.07, 6.45) is 0. The number of furan rings is 1. The van der Waals surface area contributed by atoms with Gasteiger partial charge in [0.1, 0.15) is 0 Å². The maximum absolute atomic E-state index is 9.87. The van der Waals surface area contributed by atoms with Gasteiger partial charge in [-0.05, 0) is 181 Å². The van der Waals surface area contributed by atoms with Gasteiger partial charge < -0.3 is 27.9 Å². The molecule has 0 bridgehead atoms. The summed E-state index contributed by atoms with van der Waals surface area (Å²) in [7, 11) is 0. The van der Waals surface area contributed by atoms with E-state index in [2.05, 4.69) is 123 Å². The predicted molar refractivity (Wildman–Crippen MR) is 444 cm³/mol. The fourth-order valence-electron chi connectivity index (χ4n) is 16.4. The largest absolute Gasteiger partial charge is 0.452 e. The van der Waals surface area contributed by atoms with Crippen molar-refractivity contribution >= 4 is 145 Å². The highest BCUT2D eigenvalue weighted by Gasteiger charge is 2.45. The van der Waals surface area contributed by atoms with Gasteiger partial charge in [0, 0.05) is 77.2 Å². The van der Waals surface area contributed by atoms with E-state index in [9.17, 15) is 16.4 Å². The van der Waals surface area contributed by atoms with Crippen LogP contribution in [0.5, 0.6) is 0 Å². The molecule has 2 aliphatic rings. The smallest absolute Gasteiger partial charge is 0.252 e. The minimum absolute atomic E-state index is 0.0439. The molecule has 19 aromatic rings. The summed E-state index contributed by atoms with van der Waals surface area (Å²) in [4.78, 5) is 4.26. The summed E-state index contributed by atoms with van der Waals surface area (Å²) in [5.74, 6) is 0. The summed E-state index contributed by atoms with van der Waals surface area (Å²) in [6, 6.07) is 54.3. The number of rotatable bonds is 8. The van der Waals surface area contributed by atoms with Crippen molar-refractivity contribution in [1.29, 1.82) is 0 Å². The van der Waals surface area contributed by atoms with E-state index < -0.39 is 134 Å². The standard InChI is InChI=1S/C98H72BN5O/c1-97(2,3)67-45-50-86-78(56-67)79-57-68(98(4,5)6)46-51-87(79)101(86)71-59-92-94-93(60-71)104(89-43-25-37-77-76-36-24-42-88(95(76)105-96(77)89)103-84-40-22-18-34-74(84)75-35-19-23-41-85(75)103)91-58-69(100-82-38-20-16-32-72(82)73-33-17-21-39-83(73)100)47-49-81(91)99(94)80-48-44-64(61-26-10-7-11-27-61)55-90(80)102(92)70-53-65(62-28-12-8-13-29-62)52-66(54-70)63-30-14-9-15-31-63/h7-60H,1-6H3/i7D,10D,11D,16D,17D,18D,19D,20D,21D,22D,23D,26D,27D,32D,33D,34D,35D,38D,39D,40D,41D. The lowest BCUT2D eigenvalue weighted by molar-refractivity contribution is 0.590. The molecule has 0 fully saturated rings. The summed E-state index contributed by atoms with van der Waals surface area (Å²) < 4.78 is 209. The number of aromatic nitrogens is 3. The van der Waals surface area contributed by atoms with Gasteiger partial charge in [0.05, 0.1) is 78.9 Å². The SMILES string of the molecule is [2H]c1c([2H])c([2H])c(-c2ccc3c(c2)N(c2cc(-c4ccccc4)cc(-c4ccccc4)c2)c2cc(-n4c5ccc(C(C)(C)C)cc5c5cc(C(C)(C)C)ccc54)cc4c2B3c2ccc(-n3c5c([2H])c([2H])c([2H])c([2H])c5c5c([2H])c([2H])c([2H])c([2H])c53)cc2N4c2cccc3c2oc2c(-n4c5c([2H])c([2H])c([2H])c([2H])c5c5c([2H])c([2H])c([2H])c([2H])c54)cccc23)c([2H])c1[2H]. The van der Waals surface area contributed by atoms with Crippen LogP contribution in [0.1, 0.15) is 81.5 Å². The minimum atomic E-state index is -0.860. The number of hydrogen-bond donors (Lipinski definition) is 0. The van der Waals surface area contributed by atoms with E-state index in [0.717, 1.165) is 55.2 Å². The zero-order valence-electron chi connectivity index (χ0n) is 78.8. The van der Waals surface area contributed by atoms with E-state index in [1.54, 1.807) is 24.3 Å². The van der Waals surface area contributed by atoms with Crippen LogP contribution < -0.4 is 26.2 Å². The molecule has 7 heteroatoms. The molecule has 0 radical (unpaired) electrons. The Labute approximate surface area is 639 Å². The second-order valence-electron chi connectivity index (χ2n) is 29.3.